The van der Waals surface area contributed by atoms with E-state index in [0.717, 1.165) is 45.3 Å². The molecule has 0 bridgehead atoms. The van der Waals surface area contributed by atoms with Gasteiger partial charge in [0.15, 0.2) is 6.29 Å². The molecule has 2 atom stereocenters. The molecule has 1 rings (SSSR count). The molecule has 1 heterocycles. The summed E-state index contributed by atoms with van der Waals surface area (Å²) in [5.41, 5.74) is 0. The van der Waals surface area contributed by atoms with Crippen LogP contribution < -0.4 is 0 Å². The Kier molecular flexibility index (Phi) is 11.2. The second-order valence-corrected chi connectivity index (χ2v) is 7.05. The molecular formula is C20H34F2O2. The fourth-order valence-electron chi connectivity index (χ4n) is 3.00. The molecule has 2 unspecified atom stereocenters. The largest absolute Gasteiger partial charge is 0.352 e. The van der Waals surface area contributed by atoms with Gasteiger partial charge in [-0.25, -0.2) is 4.39 Å². The fourth-order valence-corrected chi connectivity index (χ4v) is 3.00. The van der Waals surface area contributed by atoms with E-state index in [1.54, 1.807) is 0 Å². The van der Waals surface area contributed by atoms with Crippen LogP contribution in [0.3, 0.4) is 0 Å². The van der Waals surface area contributed by atoms with Gasteiger partial charge in [-0.3, -0.25) is 4.39 Å². The molecule has 0 aromatic rings. The first kappa shape index (κ1) is 21.3. The molecule has 0 radical (unpaired) electrons. The van der Waals surface area contributed by atoms with Gasteiger partial charge >= 0.3 is 0 Å². The van der Waals surface area contributed by atoms with Crippen molar-refractivity contribution in [3.05, 3.63) is 24.1 Å². The number of rotatable bonds is 11. The van der Waals surface area contributed by atoms with Gasteiger partial charge in [0.1, 0.15) is 5.83 Å². The van der Waals surface area contributed by atoms with Crippen molar-refractivity contribution in [3.8, 4) is 0 Å². The molecular weight excluding hydrogens is 310 g/mol. The second kappa shape index (κ2) is 12.6. The third kappa shape index (κ3) is 8.93. The molecule has 0 aromatic carbocycles. The Morgan fingerprint density at radius 3 is 2.54 bits per heavy atom. The molecule has 0 N–H and O–H groups in total. The van der Waals surface area contributed by atoms with Gasteiger partial charge in [-0.2, -0.15) is 0 Å². The van der Waals surface area contributed by atoms with Crippen LogP contribution in [0.15, 0.2) is 24.1 Å². The van der Waals surface area contributed by atoms with E-state index in [2.05, 4.69) is 20.8 Å². The van der Waals surface area contributed by atoms with E-state index in [-0.39, 0.29) is 18.5 Å². The molecule has 1 saturated heterocycles. The number of hydrogen-bond acceptors (Lipinski definition) is 2. The van der Waals surface area contributed by atoms with Crippen LogP contribution in [0.1, 0.15) is 59.3 Å². The lowest BCUT2D eigenvalue weighted by molar-refractivity contribution is -0.220. The van der Waals surface area contributed by atoms with E-state index in [1.165, 1.54) is 12.2 Å². The zero-order chi connectivity index (χ0) is 17.8. The smallest absolute Gasteiger partial charge is 0.160 e. The lowest BCUT2D eigenvalue weighted by atomic mass is 9.90. The summed E-state index contributed by atoms with van der Waals surface area (Å²) in [5, 5.41) is 0. The van der Waals surface area contributed by atoms with Crippen molar-refractivity contribution in [2.24, 2.45) is 17.8 Å². The van der Waals surface area contributed by atoms with Crippen LogP contribution in [0.2, 0.25) is 0 Å². The maximum atomic E-state index is 13.4. The molecule has 1 fully saturated rings. The van der Waals surface area contributed by atoms with Crippen LogP contribution in [0.5, 0.6) is 0 Å². The molecule has 24 heavy (non-hydrogen) atoms. The molecule has 0 amide bonds. The lowest BCUT2D eigenvalue weighted by Crippen LogP contribution is -2.35. The van der Waals surface area contributed by atoms with Gasteiger partial charge in [0.05, 0.1) is 19.9 Å². The summed E-state index contributed by atoms with van der Waals surface area (Å²) in [6, 6.07) is 0. The third-order valence-electron chi connectivity index (χ3n) is 4.48. The highest BCUT2D eigenvalue weighted by Gasteiger charge is 2.25. The summed E-state index contributed by atoms with van der Waals surface area (Å²) in [6.07, 6.45) is 9.98. The Balaban J connectivity index is 2.35. The van der Waals surface area contributed by atoms with Crippen molar-refractivity contribution < 1.29 is 18.3 Å². The minimum Gasteiger partial charge on any atom is -0.352 e. The summed E-state index contributed by atoms with van der Waals surface area (Å²) in [7, 11) is 0. The van der Waals surface area contributed by atoms with E-state index in [0.29, 0.717) is 17.8 Å². The molecule has 2 nitrogen and oxygen atoms in total. The fraction of sp³-hybridized carbons (Fsp3) is 0.800. The van der Waals surface area contributed by atoms with Crippen LogP contribution in [-0.2, 0) is 9.47 Å². The maximum absolute atomic E-state index is 13.4. The van der Waals surface area contributed by atoms with Crippen LogP contribution >= 0.6 is 0 Å². The molecule has 0 saturated carbocycles. The maximum Gasteiger partial charge on any atom is 0.160 e. The highest BCUT2D eigenvalue weighted by Crippen LogP contribution is 2.26. The van der Waals surface area contributed by atoms with Crippen LogP contribution in [-0.4, -0.2) is 26.2 Å². The topological polar surface area (TPSA) is 18.5 Å². The van der Waals surface area contributed by atoms with E-state index in [4.69, 9.17) is 9.47 Å². The Morgan fingerprint density at radius 1 is 1.21 bits per heavy atom. The molecule has 1 aliphatic heterocycles. The van der Waals surface area contributed by atoms with E-state index in [1.807, 2.05) is 6.08 Å². The minimum atomic E-state index is -0.512. The number of allylic oxidation sites excluding steroid dienone is 4. The molecule has 1 aliphatic rings. The lowest BCUT2D eigenvalue weighted by Gasteiger charge is -2.32. The monoisotopic (exact) mass is 344 g/mol. The van der Waals surface area contributed by atoms with Crippen molar-refractivity contribution >= 4 is 0 Å². The minimum absolute atomic E-state index is 0.0832. The van der Waals surface area contributed by atoms with Crippen molar-refractivity contribution in [1.82, 2.24) is 0 Å². The summed E-state index contributed by atoms with van der Waals surface area (Å²) >= 11 is 0. The van der Waals surface area contributed by atoms with Crippen molar-refractivity contribution in [2.45, 2.75) is 65.6 Å². The summed E-state index contributed by atoms with van der Waals surface area (Å²) < 4.78 is 36.9. The third-order valence-corrected chi connectivity index (χ3v) is 4.48. The van der Waals surface area contributed by atoms with E-state index >= 15 is 0 Å². The number of hydrogen-bond donors (Lipinski definition) is 0. The van der Waals surface area contributed by atoms with Crippen molar-refractivity contribution in [2.75, 3.05) is 19.9 Å². The van der Waals surface area contributed by atoms with Gasteiger partial charge in [-0.15, -0.1) is 0 Å². The molecule has 4 heteroatoms. The average Bonchev–Trinajstić information content (AvgIpc) is 2.58. The van der Waals surface area contributed by atoms with Gasteiger partial charge in [0, 0.05) is 11.8 Å². The number of halogens is 2. The zero-order valence-corrected chi connectivity index (χ0v) is 15.5. The SMILES string of the molecule is CCCC(C/C=C\C(F)=C/CCF)CCC(C)C1OCC(C)CO1. The Bertz CT molecular complexity index is 374. The van der Waals surface area contributed by atoms with Crippen LogP contribution in [0, 0.1) is 17.8 Å². The second-order valence-electron chi connectivity index (χ2n) is 7.05. The quantitative estimate of drug-likeness (QED) is 0.429. The van der Waals surface area contributed by atoms with Crippen LogP contribution in [0.4, 0.5) is 8.78 Å². The standard InChI is InChI=1S/C20H34F2O2/c1-4-7-18(8-5-9-19(22)10-6-13-21)12-11-17(3)20-23-14-16(2)15-24-20/h5,9-10,16-18,20H,4,6-8,11-15H2,1-3H3/b9-5-,19-10+. The van der Waals surface area contributed by atoms with Gasteiger partial charge < -0.3 is 9.47 Å². The van der Waals surface area contributed by atoms with Gasteiger partial charge in [-0.1, -0.05) is 39.7 Å². The highest BCUT2D eigenvalue weighted by atomic mass is 19.1. The molecule has 0 aromatic heterocycles. The predicted octanol–water partition coefficient (Wildman–Crippen LogP) is 5.99. The normalized spacial score (nSPS) is 25.1. The average molecular weight is 344 g/mol. The summed E-state index contributed by atoms with van der Waals surface area (Å²) in [4.78, 5) is 0. The van der Waals surface area contributed by atoms with Gasteiger partial charge in [0.2, 0.25) is 0 Å². The van der Waals surface area contributed by atoms with Crippen molar-refractivity contribution in [3.63, 3.8) is 0 Å². The Hall–Kier alpha value is -0.740. The molecule has 0 aliphatic carbocycles. The predicted molar refractivity (Wildman–Crippen MR) is 95.2 cm³/mol. The Labute approximate surface area is 146 Å². The highest BCUT2D eigenvalue weighted by molar-refractivity contribution is 5.10. The summed E-state index contributed by atoms with van der Waals surface area (Å²) in [6.45, 7) is 7.53. The summed E-state index contributed by atoms with van der Waals surface area (Å²) in [5.74, 6) is 1.06. The number of alkyl halides is 1. The first-order chi connectivity index (χ1) is 11.6. The van der Waals surface area contributed by atoms with E-state index in [9.17, 15) is 8.78 Å². The Morgan fingerprint density at radius 2 is 1.92 bits per heavy atom. The molecule has 0 spiro atoms. The number of ether oxygens (including phenoxy) is 2. The van der Waals surface area contributed by atoms with Crippen molar-refractivity contribution in [1.29, 1.82) is 0 Å². The first-order valence-corrected chi connectivity index (χ1v) is 9.38. The first-order valence-electron chi connectivity index (χ1n) is 9.38. The van der Waals surface area contributed by atoms with E-state index < -0.39 is 6.67 Å². The zero-order valence-electron chi connectivity index (χ0n) is 15.5. The van der Waals surface area contributed by atoms with Gasteiger partial charge in [-0.05, 0) is 43.8 Å². The van der Waals surface area contributed by atoms with Gasteiger partial charge in [0.25, 0.3) is 0 Å². The van der Waals surface area contributed by atoms with Crippen LogP contribution in [0.25, 0.3) is 0 Å². The molecule has 140 valence electrons.